The van der Waals surface area contributed by atoms with E-state index in [2.05, 4.69) is 20.9 Å². The van der Waals surface area contributed by atoms with Gasteiger partial charge in [0.1, 0.15) is 16.4 Å². The first kappa shape index (κ1) is 27.5. The molecule has 0 atom stereocenters. The highest BCUT2D eigenvalue weighted by Gasteiger charge is 2.24. The molecule has 1 aromatic carbocycles. The van der Waals surface area contributed by atoms with E-state index in [0.29, 0.717) is 17.1 Å². The molecule has 0 aliphatic carbocycles. The third kappa shape index (κ3) is 6.38. The average molecular weight is 571 g/mol. The molecule has 0 radical (unpaired) electrons. The molecule has 13 heteroatoms. The van der Waals surface area contributed by atoms with Crippen LogP contribution in [-0.4, -0.2) is 48.4 Å². The zero-order chi connectivity index (χ0) is 26.4. The predicted octanol–water partition coefficient (Wildman–Crippen LogP) is 5.78. The summed E-state index contributed by atoms with van der Waals surface area (Å²) in [5, 5.41) is 10.5. The number of aromatic nitrogens is 1. The molecule has 2 heterocycles. The van der Waals surface area contributed by atoms with Crippen LogP contribution in [0.15, 0.2) is 35.8 Å². The summed E-state index contributed by atoms with van der Waals surface area (Å²) in [6.07, 6.45) is 1.39. The fraction of sp³-hybridized carbons (Fsp3) is 0.217. The van der Waals surface area contributed by atoms with Gasteiger partial charge in [0.25, 0.3) is 11.8 Å². The lowest BCUT2D eigenvalue weighted by Gasteiger charge is -2.19. The van der Waals surface area contributed by atoms with Gasteiger partial charge in [-0.3, -0.25) is 9.59 Å². The van der Waals surface area contributed by atoms with Crippen molar-refractivity contribution in [1.82, 2.24) is 15.2 Å². The molecule has 2 aromatic heterocycles. The van der Waals surface area contributed by atoms with Crippen molar-refractivity contribution in [2.45, 2.75) is 13.5 Å². The summed E-state index contributed by atoms with van der Waals surface area (Å²) in [5.41, 5.74) is 0.770. The fourth-order valence-electron chi connectivity index (χ4n) is 3.18. The minimum absolute atomic E-state index is 0.0501. The molecule has 0 saturated carbocycles. The zero-order valence-electron chi connectivity index (χ0n) is 19.4. The van der Waals surface area contributed by atoms with Gasteiger partial charge in [-0.2, -0.15) is 0 Å². The number of anilines is 2. The number of amides is 4. The SMILES string of the molecule is CCN(Cc1csc(C(=O)Nc2c(OC)cc(Cl)cc2C(=O)Nc2ccc(Cl)cn2)c1Cl)C(=O)NC. The minimum atomic E-state index is -0.581. The highest BCUT2D eigenvalue weighted by Crippen LogP contribution is 2.35. The van der Waals surface area contributed by atoms with E-state index in [-0.39, 0.29) is 50.3 Å². The van der Waals surface area contributed by atoms with E-state index in [9.17, 15) is 14.4 Å². The van der Waals surface area contributed by atoms with Crippen LogP contribution in [0.4, 0.5) is 16.3 Å². The van der Waals surface area contributed by atoms with E-state index in [4.69, 9.17) is 39.5 Å². The number of pyridine rings is 1. The van der Waals surface area contributed by atoms with E-state index in [1.54, 1.807) is 16.3 Å². The second-order valence-corrected chi connectivity index (χ2v) is 9.40. The molecule has 0 fully saturated rings. The van der Waals surface area contributed by atoms with Gasteiger partial charge in [-0.05, 0) is 30.5 Å². The Hall–Kier alpha value is -3.05. The molecule has 0 unspecified atom stereocenters. The van der Waals surface area contributed by atoms with Crippen LogP contribution in [0, 0.1) is 0 Å². The van der Waals surface area contributed by atoms with Gasteiger partial charge in [0.15, 0.2) is 0 Å². The van der Waals surface area contributed by atoms with E-state index < -0.39 is 11.8 Å². The van der Waals surface area contributed by atoms with Crippen molar-refractivity contribution in [2.24, 2.45) is 0 Å². The van der Waals surface area contributed by atoms with Crippen molar-refractivity contribution in [3.8, 4) is 5.75 Å². The molecular weight excluding hydrogens is 549 g/mol. The van der Waals surface area contributed by atoms with Gasteiger partial charge in [0.2, 0.25) is 0 Å². The molecule has 0 spiro atoms. The van der Waals surface area contributed by atoms with Gasteiger partial charge in [0, 0.05) is 43.0 Å². The maximum absolute atomic E-state index is 13.2. The fourth-order valence-corrected chi connectivity index (χ4v) is 4.75. The van der Waals surface area contributed by atoms with Crippen molar-refractivity contribution < 1.29 is 19.1 Å². The highest BCUT2D eigenvalue weighted by atomic mass is 35.5. The second kappa shape index (κ2) is 12.3. The van der Waals surface area contributed by atoms with Crippen LogP contribution in [0.25, 0.3) is 0 Å². The van der Waals surface area contributed by atoms with Crippen molar-refractivity contribution in [3.63, 3.8) is 0 Å². The van der Waals surface area contributed by atoms with Gasteiger partial charge in [-0.15, -0.1) is 11.3 Å². The number of nitrogens with zero attached hydrogens (tertiary/aromatic N) is 2. The van der Waals surface area contributed by atoms with Gasteiger partial charge < -0.3 is 25.6 Å². The molecule has 0 aliphatic rings. The number of hydrogen-bond acceptors (Lipinski definition) is 6. The number of carbonyl (C=O) groups excluding carboxylic acids is 3. The van der Waals surface area contributed by atoms with Crippen molar-refractivity contribution in [1.29, 1.82) is 0 Å². The number of rotatable bonds is 8. The Bertz CT molecular complexity index is 1280. The normalized spacial score (nSPS) is 10.5. The van der Waals surface area contributed by atoms with Crippen LogP contribution in [0.5, 0.6) is 5.75 Å². The third-order valence-electron chi connectivity index (χ3n) is 4.99. The Kier molecular flexibility index (Phi) is 9.38. The lowest BCUT2D eigenvalue weighted by Crippen LogP contribution is -2.37. The summed E-state index contributed by atoms with van der Waals surface area (Å²) in [5.74, 6) is -0.709. The maximum atomic E-state index is 13.2. The smallest absolute Gasteiger partial charge is 0.317 e. The molecule has 0 bridgehead atoms. The van der Waals surface area contributed by atoms with E-state index in [1.165, 1.54) is 38.6 Å². The molecule has 3 N–H and O–H groups in total. The first-order valence-corrected chi connectivity index (χ1v) is 12.5. The van der Waals surface area contributed by atoms with Crippen LogP contribution in [0.3, 0.4) is 0 Å². The number of benzene rings is 1. The van der Waals surface area contributed by atoms with Crippen molar-refractivity contribution in [3.05, 3.63) is 66.9 Å². The molecule has 3 aromatic rings. The van der Waals surface area contributed by atoms with Crippen LogP contribution >= 0.6 is 46.1 Å². The average Bonchev–Trinajstić information content (AvgIpc) is 3.23. The first-order chi connectivity index (χ1) is 17.2. The van der Waals surface area contributed by atoms with E-state index in [1.807, 2.05) is 6.92 Å². The Morgan fingerprint density at radius 3 is 2.44 bits per heavy atom. The standard InChI is InChI=1S/C23H22Cl3N5O4S/c1-4-31(23(34)27-2)10-12-11-36-20(18(12)26)22(33)30-19-15(7-14(25)8-16(19)35-3)21(32)29-17-6-5-13(24)9-28-17/h5-9,11H,4,10H2,1-3H3,(H,27,34)(H,30,33)(H,28,29,32). The van der Waals surface area contributed by atoms with Gasteiger partial charge in [-0.25, -0.2) is 9.78 Å². The lowest BCUT2D eigenvalue weighted by molar-refractivity contribution is 0.102. The summed E-state index contributed by atoms with van der Waals surface area (Å²) in [7, 11) is 2.92. The molecule has 36 heavy (non-hydrogen) atoms. The van der Waals surface area contributed by atoms with E-state index in [0.717, 1.165) is 11.3 Å². The Labute approximate surface area is 226 Å². The highest BCUT2D eigenvalue weighted by molar-refractivity contribution is 7.13. The van der Waals surface area contributed by atoms with Crippen LogP contribution in [-0.2, 0) is 6.54 Å². The van der Waals surface area contributed by atoms with Gasteiger partial charge in [-0.1, -0.05) is 34.8 Å². The number of nitrogens with one attached hydrogen (secondary N) is 3. The van der Waals surface area contributed by atoms with Gasteiger partial charge in [0.05, 0.1) is 28.4 Å². The molecule has 4 amide bonds. The maximum Gasteiger partial charge on any atom is 0.317 e. The summed E-state index contributed by atoms with van der Waals surface area (Å²) in [6.45, 7) is 2.52. The summed E-state index contributed by atoms with van der Waals surface area (Å²) >= 11 is 19.7. The molecule has 0 aliphatic heterocycles. The van der Waals surface area contributed by atoms with Crippen molar-refractivity contribution in [2.75, 3.05) is 31.3 Å². The number of carbonyl (C=O) groups is 3. The predicted molar refractivity (Wildman–Crippen MR) is 143 cm³/mol. The number of halogens is 3. The minimum Gasteiger partial charge on any atom is -0.494 e. The number of hydrogen-bond donors (Lipinski definition) is 3. The zero-order valence-corrected chi connectivity index (χ0v) is 22.5. The topological polar surface area (TPSA) is 113 Å². The summed E-state index contributed by atoms with van der Waals surface area (Å²) in [6, 6.07) is 5.72. The largest absolute Gasteiger partial charge is 0.494 e. The van der Waals surface area contributed by atoms with E-state index >= 15 is 0 Å². The molecule has 0 saturated heterocycles. The van der Waals surface area contributed by atoms with Crippen LogP contribution in [0.2, 0.25) is 15.1 Å². The molecular formula is C23H22Cl3N5O4S. The second-order valence-electron chi connectivity index (χ2n) is 7.27. The summed E-state index contributed by atoms with van der Waals surface area (Å²) < 4.78 is 5.37. The monoisotopic (exact) mass is 569 g/mol. The van der Waals surface area contributed by atoms with Crippen molar-refractivity contribution >= 4 is 75.5 Å². The number of methoxy groups -OCH3 is 1. The lowest BCUT2D eigenvalue weighted by atomic mass is 10.1. The summed E-state index contributed by atoms with van der Waals surface area (Å²) in [4.78, 5) is 44.1. The third-order valence-corrected chi connectivity index (χ3v) is 7.00. The number of urea groups is 1. The number of ether oxygens (including phenoxy) is 1. The molecule has 9 nitrogen and oxygen atoms in total. The Morgan fingerprint density at radius 2 is 1.83 bits per heavy atom. The molecule has 3 rings (SSSR count). The van der Waals surface area contributed by atoms with Gasteiger partial charge >= 0.3 is 6.03 Å². The Balaban J connectivity index is 1.89. The van der Waals surface area contributed by atoms with Crippen LogP contribution < -0.4 is 20.7 Å². The Morgan fingerprint density at radius 1 is 1.08 bits per heavy atom. The molecule has 190 valence electrons. The first-order valence-electron chi connectivity index (χ1n) is 10.5. The van der Waals surface area contributed by atoms with Crippen LogP contribution in [0.1, 0.15) is 32.5 Å². The number of thiophene rings is 1. The quantitative estimate of drug-likeness (QED) is 0.318.